The Labute approximate surface area is 219 Å². The number of imidazole rings is 1. The van der Waals surface area contributed by atoms with Crippen LogP contribution < -0.4 is 5.32 Å². The van der Waals surface area contributed by atoms with Gasteiger partial charge in [0.05, 0.1) is 41.0 Å². The number of thiophene rings is 1. The molecule has 0 radical (unpaired) electrons. The summed E-state index contributed by atoms with van der Waals surface area (Å²) in [6.07, 6.45) is 12.5. The van der Waals surface area contributed by atoms with E-state index in [0.717, 1.165) is 69.4 Å². The Morgan fingerprint density at radius 2 is 1.89 bits per heavy atom. The summed E-state index contributed by atoms with van der Waals surface area (Å²) in [5, 5.41) is 11.1. The van der Waals surface area contributed by atoms with Gasteiger partial charge in [0, 0.05) is 39.7 Å². The van der Waals surface area contributed by atoms with E-state index in [1.807, 2.05) is 12.1 Å². The number of anilines is 1. The zero-order valence-electron chi connectivity index (χ0n) is 20.0. The lowest BCUT2D eigenvalue weighted by Crippen LogP contribution is -2.20. The predicted molar refractivity (Wildman–Crippen MR) is 144 cm³/mol. The third-order valence-electron chi connectivity index (χ3n) is 6.93. The number of fused-ring (bicyclic) bond motifs is 2. The number of nitrogens with one attached hydrogen (secondary N) is 3. The van der Waals surface area contributed by atoms with Crippen LogP contribution in [-0.2, 0) is 4.79 Å². The minimum Gasteiger partial charge on any atom is -0.335 e. The number of aromatic nitrogens is 7. The van der Waals surface area contributed by atoms with Gasteiger partial charge in [-0.15, -0.1) is 11.3 Å². The molecule has 0 aliphatic heterocycles. The van der Waals surface area contributed by atoms with Gasteiger partial charge >= 0.3 is 0 Å². The number of carbonyl (C=O) groups is 1. The molecule has 0 spiro atoms. The number of H-pyrrole nitrogens is 2. The standard InChI is InChI=1S/C27H21FN8OS/c28-23-6-5-22(38-23)18-11-30-12-21-24(18)34-26(33-21)25-17-8-19(31-13-20(17)35-36-25)15-7-16(10-29-9-15)32-27(37)14-3-1-2-4-14/h5-14H,1-4H2,(H,32,37)(H,33,34)(H,35,36). The van der Waals surface area contributed by atoms with E-state index in [2.05, 4.69) is 35.5 Å². The van der Waals surface area contributed by atoms with Crippen LogP contribution in [0.25, 0.3) is 55.2 Å². The first kappa shape index (κ1) is 22.7. The fourth-order valence-corrected chi connectivity index (χ4v) is 5.76. The summed E-state index contributed by atoms with van der Waals surface area (Å²) in [5.74, 6) is 0.677. The molecule has 1 amide bonds. The third kappa shape index (κ3) is 4.01. The van der Waals surface area contributed by atoms with E-state index >= 15 is 0 Å². The largest absolute Gasteiger partial charge is 0.335 e. The van der Waals surface area contributed by atoms with Crippen LogP contribution in [-0.4, -0.2) is 41.0 Å². The number of halogens is 1. The molecule has 6 heterocycles. The van der Waals surface area contributed by atoms with Gasteiger partial charge in [0.2, 0.25) is 5.91 Å². The minimum atomic E-state index is -0.261. The summed E-state index contributed by atoms with van der Waals surface area (Å²) >= 11 is 1.05. The predicted octanol–water partition coefficient (Wildman–Crippen LogP) is 5.95. The molecule has 1 saturated carbocycles. The normalized spacial score (nSPS) is 14.0. The molecule has 38 heavy (non-hydrogen) atoms. The molecular formula is C27H21FN8OS. The van der Waals surface area contributed by atoms with Gasteiger partial charge in [-0.1, -0.05) is 12.8 Å². The molecule has 11 heteroatoms. The summed E-state index contributed by atoms with van der Waals surface area (Å²) < 4.78 is 13.7. The molecule has 3 N–H and O–H groups in total. The second-order valence-electron chi connectivity index (χ2n) is 9.39. The van der Waals surface area contributed by atoms with Crippen molar-refractivity contribution in [3.8, 4) is 33.2 Å². The Kier molecular flexibility index (Phi) is 5.43. The van der Waals surface area contributed by atoms with Crippen LogP contribution in [0, 0.1) is 11.0 Å². The zero-order chi connectivity index (χ0) is 25.6. The van der Waals surface area contributed by atoms with E-state index in [1.165, 1.54) is 6.07 Å². The third-order valence-corrected chi connectivity index (χ3v) is 7.84. The van der Waals surface area contributed by atoms with Crippen LogP contribution in [0.15, 0.2) is 55.2 Å². The second-order valence-corrected chi connectivity index (χ2v) is 10.4. The molecular weight excluding hydrogens is 503 g/mol. The Morgan fingerprint density at radius 1 is 1.03 bits per heavy atom. The number of hydrogen-bond acceptors (Lipinski definition) is 7. The second kappa shape index (κ2) is 9.10. The minimum absolute atomic E-state index is 0.0472. The van der Waals surface area contributed by atoms with Crippen molar-refractivity contribution in [2.24, 2.45) is 5.92 Å². The van der Waals surface area contributed by atoms with Crippen LogP contribution in [0.4, 0.5) is 10.1 Å². The highest BCUT2D eigenvalue weighted by atomic mass is 32.1. The summed E-state index contributed by atoms with van der Waals surface area (Å²) in [4.78, 5) is 34.7. The van der Waals surface area contributed by atoms with E-state index in [4.69, 9.17) is 4.98 Å². The smallest absolute Gasteiger partial charge is 0.227 e. The SMILES string of the molecule is O=C(Nc1cncc(-c2cc3c(-c4nc5c(-c6ccc(F)s6)cncc5[nH]4)n[nH]c3cn2)c1)C1CCCC1. The molecule has 7 rings (SSSR count). The van der Waals surface area contributed by atoms with Crippen LogP contribution >= 0.6 is 11.3 Å². The van der Waals surface area contributed by atoms with Crippen molar-refractivity contribution in [1.29, 1.82) is 0 Å². The highest BCUT2D eigenvalue weighted by Gasteiger charge is 2.23. The maximum Gasteiger partial charge on any atom is 0.227 e. The van der Waals surface area contributed by atoms with Crippen LogP contribution in [0.1, 0.15) is 25.7 Å². The highest BCUT2D eigenvalue weighted by molar-refractivity contribution is 7.14. The van der Waals surface area contributed by atoms with Gasteiger partial charge in [0.25, 0.3) is 0 Å². The number of amides is 1. The molecule has 0 saturated heterocycles. The molecule has 0 atom stereocenters. The molecule has 1 fully saturated rings. The summed E-state index contributed by atoms with van der Waals surface area (Å²) in [6.45, 7) is 0. The van der Waals surface area contributed by atoms with Crippen LogP contribution in [0.2, 0.25) is 0 Å². The van der Waals surface area contributed by atoms with E-state index in [0.29, 0.717) is 28.4 Å². The Hall–Kier alpha value is -4.51. The van der Waals surface area contributed by atoms with Gasteiger partial charge in [0.15, 0.2) is 11.0 Å². The molecule has 6 aromatic rings. The van der Waals surface area contributed by atoms with Crippen molar-refractivity contribution in [1.82, 2.24) is 35.1 Å². The fraction of sp³-hybridized carbons (Fsp3) is 0.185. The molecule has 6 aromatic heterocycles. The summed E-state index contributed by atoms with van der Waals surface area (Å²) in [6, 6.07) is 6.97. The maximum atomic E-state index is 13.7. The summed E-state index contributed by atoms with van der Waals surface area (Å²) in [5.41, 5.74) is 5.67. The van der Waals surface area contributed by atoms with Crippen molar-refractivity contribution in [2.75, 3.05) is 5.32 Å². The maximum absolute atomic E-state index is 13.7. The van der Waals surface area contributed by atoms with Gasteiger partial charge in [-0.05, 0) is 37.1 Å². The van der Waals surface area contributed by atoms with Crippen LogP contribution in [0.3, 0.4) is 0 Å². The van der Waals surface area contributed by atoms with Gasteiger partial charge in [-0.25, -0.2) is 4.98 Å². The topological polar surface area (TPSA) is 125 Å². The van der Waals surface area contributed by atoms with Gasteiger partial charge in [-0.2, -0.15) is 9.49 Å². The molecule has 0 unspecified atom stereocenters. The van der Waals surface area contributed by atoms with E-state index in [1.54, 1.807) is 37.1 Å². The van der Waals surface area contributed by atoms with Crippen molar-refractivity contribution >= 4 is 44.9 Å². The van der Waals surface area contributed by atoms with Crippen molar-refractivity contribution in [3.05, 3.63) is 60.4 Å². The Morgan fingerprint density at radius 3 is 2.74 bits per heavy atom. The number of aromatic amines is 2. The molecule has 9 nitrogen and oxygen atoms in total. The van der Waals surface area contributed by atoms with Crippen LogP contribution in [0.5, 0.6) is 0 Å². The monoisotopic (exact) mass is 524 g/mol. The fourth-order valence-electron chi connectivity index (χ4n) is 5.02. The molecule has 1 aliphatic rings. The van der Waals surface area contributed by atoms with Gasteiger partial charge in [-0.3, -0.25) is 24.8 Å². The first-order valence-electron chi connectivity index (χ1n) is 12.3. The molecule has 188 valence electrons. The van der Waals surface area contributed by atoms with Gasteiger partial charge in [0.1, 0.15) is 11.2 Å². The quantitative estimate of drug-likeness (QED) is 0.256. The molecule has 0 aromatic carbocycles. The molecule has 0 bridgehead atoms. The van der Waals surface area contributed by atoms with Crippen molar-refractivity contribution in [3.63, 3.8) is 0 Å². The van der Waals surface area contributed by atoms with Crippen molar-refractivity contribution < 1.29 is 9.18 Å². The Bertz CT molecular complexity index is 1820. The number of nitrogens with zero attached hydrogens (tertiary/aromatic N) is 5. The van der Waals surface area contributed by atoms with Gasteiger partial charge < -0.3 is 10.3 Å². The number of pyridine rings is 3. The van der Waals surface area contributed by atoms with E-state index in [-0.39, 0.29) is 17.0 Å². The van der Waals surface area contributed by atoms with E-state index in [9.17, 15) is 9.18 Å². The number of rotatable bonds is 5. The first-order chi connectivity index (χ1) is 18.6. The lowest BCUT2D eigenvalue weighted by molar-refractivity contribution is -0.119. The lowest BCUT2D eigenvalue weighted by Gasteiger charge is -2.11. The highest BCUT2D eigenvalue weighted by Crippen LogP contribution is 2.34. The Balaban J connectivity index is 1.24. The average molecular weight is 525 g/mol. The van der Waals surface area contributed by atoms with Crippen molar-refractivity contribution in [2.45, 2.75) is 25.7 Å². The number of hydrogen-bond donors (Lipinski definition) is 3. The molecule has 1 aliphatic carbocycles. The van der Waals surface area contributed by atoms with E-state index < -0.39 is 0 Å². The average Bonchev–Trinajstić information content (AvgIpc) is 3.74. The zero-order valence-corrected chi connectivity index (χ0v) is 20.8. The first-order valence-corrected chi connectivity index (χ1v) is 13.1. The lowest BCUT2D eigenvalue weighted by atomic mass is 10.1. The summed E-state index contributed by atoms with van der Waals surface area (Å²) in [7, 11) is 0. The number of carbonyl (C=O) groups excluding carboxylic acids is 1.